The summed E-state index contributed by atoms with van der Waals surface area (Å²) in [5, 5.41) is 2.34. The second kappa shape index (κ2) is 9.79. The Morgan fingerprint density at radius 1 is 0.917 bits per heavy atom. The zero-order valence-electron chi connectivity index (χ0n) is 18.8. The number of carbonyl (C=O) groups excluding carboxylic acids is 2. The number of halogens is 5. The molecule has 4 aromatic rings. The number of fused-ring (bicyclic) bond motifs is 1. The maximum atomic E-state index is 13.1. The van der Waals surface area contributed by atoms with Crippen LogP contribution in [-0.2, 0) is 11.0 Å². The summed E-state index contributed by atoms with van der Waals surface area (Å²) in [7, 11) is 0. The van der Waals surface area contributed by atoms with Crippen LogP contribution < -0.4 is 10.1 Å². The van der Waals surface area contributed by atoms with Crippen molar-refractivity contribution in [2.45, 2.75) is 20.0 Å². The van der Waals surface area contributed by atoms with E-state index in [1.165, 1.54) is 18.2 Å². The van der Waals surface area contributed by atoms with Gasteiger partial charge in [0.25, 0.3) is 11.7 Å². The molecule has 0 aliphatic carbocycles. The van der Waals surface area contributed by atoms with Gasteiger partial charge in [-0.05, 0) is 73.5 Å². The van der Waals surface area contributed by atoms with Gasteiger partial charge in [0.1, 0.15) is 11.5 Å². The number of aryl methyl sites for hydroxylation is 2. The molecule has 0 saturated carbocycles. The molecule has 36 heavy (non-hydrogen) atoms. The topological polar surface area (TPSA) is 68.3 Å². The van der Waals surface area contributed by atoms with Gasteiger partial charge in [0.2, 0.25) is 0 Å². The van der Waals surface area contributed by atoms with Gasteiger partial charge in [-0.2, -0.15) is 13.2 Å². The molecule has 0 radical (unpaired) electrons. The van der Waals surface area contributed by atoms with E-state index in [0.29, 0.717) is 17.6 Å². The van der Waals surface area contributed by atoms with Crippen LogP contribution >= 0.6 is 23.2 Å². The Hall–Kier alpha value is -3.62. The molecule has 10 heteroatoms. The summed E-state index contributed by atoms with van der Waals surface area (Å²) >= 11 is 11.8. The van der Waals surface area contributed by atoms with Gasteiger partial charge in [-0.1, -0.05) is 23.2 Å². The largest absolute Gasteiger partial charge is 0.457 e. The van der Waals surface area contributed by atoms with E-state index in [4.69, 9.17) is 27.9 Å². The summed E-state index contributed by atoms with van der Waals surface area (Å²) in [5.41, 5.74) is 1.38. The molecular formula is C26H17Cl2F3N2O3. The smallest absolute Gasteiger partial charge is 0.417 e. The monoisotopic (exact) mass is 532 g/mol. The van der Waals surface area contributed by atoms with Crippen LogP contribution in [0.15, 0.2) is 60.8 Å². The van der Waals surface area contributed by atoms with Crippen molar-refractivity contribution in [3.05, 3.63) is 93.1 Å². The van der Waals surface area contributed by atoms with E-state index >= 15 is 0 Å². The predicted molar refractivity (Wildman–Crippen MR) is 132 cm³/mol. The Balaban J connectivity index is 1.54. The molecule has 0 bridgehead atoms. The van der Waals surface area contributed by atoms with Gasteiger partial charge < -0.3 is 10.1 Å². The maximum Gasteiger partial charge on any atom is 0.417 e. The minimum absolute atomic E-state index is 0.0647. The lowest BCUT2D eigenvalue weighted by molar-refractivity contribution is -0.137. The molecule has 1 aromatic heterocycles. The molecule has 0 aliphatic heterocycles. The van der Waals surface area contributed by atoms with Crippen molar-refractivity contribution < 1.29 is 27.5 Å². The Bertz CT molecular complexity index is 1520. The van der Waals surface area contributed by atoms with Crippen LogP contribution in [-0.4, -0.2) is 16.7 Å². The zero-order chi connectivity index (χ0) is 26.2. The minimum atomic E-state index is -4.72. The van der Waals surface area contributed by atoms with E-state index in [1.54, 1.807) is 12.3 Å². The Labute approximate surface area is 213 Å². The van der Waals surface area contributed by atoms with Gasteiger partial charge in [-0.15, -0.1) is 0 Å². The molecule has 1 N–H and O–H groups in total. The van der Waals surface area contributed by atoms with Crippen LogP contribution in [0.2, 0.25) is 10.0 Å². The number of carbonyl (C=O) groups is 2. The second-order valence-electron chi connectivity index (χ2n) is 7.98. The van der Waals surface area contributed by atoms with Crippen LogP contribution in [0.5, 0.6) is 11.5 Å². The average molecular weight is 533 g/mol. The molecule has 0 spiro atoms. The number of benzene rings is 3. The number of Topliss-reactive ketones (excluding diaryl/α,β-unsaturated/α-hetero) is 1. The molecule has 4 rings (SSSR count). The zero-order valence-corrected chi connectivity index (χ0v) is 20.3. The summed E-state index contributed by atoms with van der Waals surface area (Å²) in [5.74, 6) is -1.35. The number of hydrogen-bond acceptors (Lipinski definition) is 4. The van der Waals surface area contributed by atoms with E-state index in [0.717, 1.165) is 34.2 Å². The Morgan fingerprint density at radius 3 is 2.33 bits per heavy atom. The first-order valence-corrected chi connectivity index (χ1v) is 11.3. The van der Waals surface area contributed by atoms with E-state index in [2.05, 4.69) is 10.3 Å². The lowest BCUT2D eigenvalue weighted by atomic mass is 10.1. The van der Waals surface area contributed by atoms with E-state index in [9.17, 15) is 22.8 Å². The number of nitrogens with zero attached hydrogens (tertiary/aromatic N) is 1. The van der Waals surface area contributed by atoms with Crippen LogP contribution in [0.1, 0.15) is 27.0 Å². The number of rotatable bonds is 5. The molecule has 0 fully saturated rings. The number of amides is 1. The lowest BCUT2D eigenvalue weighted by Crippen LogP contribution is -2.23. The number of nitrogens with one attached hydrogen (secondary N) is 1. The van der Waals surface area contributed by atoms with Gasteiger partial charge >= 0.3 is 6.18 Å². The molecule has 1 heterocycles. The normalized spacial score (nSPS) is 11.4. The van der Waals surface area contributed by atoms with Crippen molar-refractivity contribution in [2.24, 2.45) is 0 Å². The highest BCUT2D eigenvalue weighted by atomic mass is 35.5. The molecule has 0 unspecified atom stereocenters. The van der Waals surface area contributed by atoms with E-state index in [1.807, 2.05) is 26.0 Å². The van der Waals surface area contributed by atoms with Crippen molar-refractivity contribution >= 4 is 51.5 Å². The minimum Gasteiger partial charge on any atom is -0.457 e. The van der Waals surface area contributed by atoms with E-state index < -0.39 is 28.5 Å². The fourth-order valence-corrected chi connectivity index (χ4v) is 3.95. The van der Waals surface area contributed by atoms with Crippen LogP contribution in [0.3, 0.4) is 0 Å². The van der Waals surface area contributed by atoms with Gasteiger partial charge in [-0.25, -0.2) is 0 Å². The number of aromatic nitrogens is 1. The Morgan fingerprint density at radius 2 is 1.64 bits per heavy atom. The van der Waals surface area contributed by atoms with Crippen molar-refractivity contribution in [1.29, 1.82) is 0 Å². The number of ketones is 1. The van der Waals surface area contributed by atoms with Crippen LogP contribution in [0.4, 0.5) is 18.9 Å². The van der Waals surface area contributed by atoms with Crippen LogP contribution in [0.25, 0.3) is 10.9 Å². The van der Waals surface area contributed by atoms with Crippen molar-refractivity contribution in [3.63, 3.8) is 0 Å². The summed E-state index contributed by atoms with van der Waals surface area (Å²) < 4.78 is 45.1. The number of alkyl halides is 3. The first-order chi connectivity index (χ1) is 16.9. The highest BCUT2D eigenvalue weighted by Gasteiger charge is 2.33. The molecule has 0 aliphatic rings. The summed E-state index contributed by atoms with van der Waals surface area (Å²) in [6, 6.07) is 12.5. The molecule has 0 atom stereocenters. The maximum absolute atomic E-state index is 13.1. The van der Waals surface area contributed by atoms with Crippen molar-refractivity contribution in [1.82, 2.24) is 4.98 Å². The summed E-state index contributed by atoms with van der Waals surface area (Å²) in [4.78, 5) is 29.4. The number of anilines is 1. The number of ether oxygens (including phenoxy) is 1. The predicted octanol–water partition coefficient (Wildman–Crippen LogP) is 7.79. The van der Waals surface area contributed by atoms with Gasteiger partial charge in [0, 0.05) is 28.9 Å². The van der Waals surface area contributed by atoms with Crippen molar-refractivity contribution in [3.8, 4) is 11.5 Å². The highest BCUT2D eigenvalue weighted by Crippen LogP contribution is 2.36. The molecular weight excluding hydrogens is 516 g/mol. The quantitative estimate of drug-likeness (QED) is 0.210. The third-order valence-corrected chi connectivity index (χ3v) is 6.11. The summed E-state index contributed by atoms with van der Waals surface area (Å²) in [6.07, 6.45) is -3.12. The standard InChI is InChI=1S/C26H17Cl2F3N2O3/c1-13-9-18-22(10-14(13)2)32-8-7-23(18)36-16-4-5-17(21(28)12-16)24(34)25(35)33-15-3-6-20(27)19(11-15)26(29,30)31/h3-12H,1-2H3,(H,33,35). The van der Waals surface area contributed by atoms with Crippen LogP contribution in [0, 0.1) is 13.8 Å². The Kier molecular flexibility index (Phi) is 6.93. The van der Waals surface area contributed by atoms with Crippen molar-refractivity contribution in [2.75, 3.05) is 5.32 Å². The molecule has 184 valence electrons. The second-order valence-corrected chi connectivity index (χ2v) is 8.80. The fraction of sp³-hybridized carbons (Fsp3) is 0.115. The third-order valence-electron chi connectivity index (χ3n) is 5.47. The molecule has 1 amide bonds. The number of hydrogen-bond donors (Lipinski definition) is 1. The first-order valence-electron chi connectivity index (χ1n) is 10.5. The van der Waals surface area contributed by atoms with Gasteiger partial charge in [-0.3, -0.25) is 14.6 Å². The SMILES string of the molecule is Cc1cc2nccc(Oc3ccc(C(=O)C(=O)Nc4ccc(Cl)c(C(F)(F)F)c4)c(Cl)c3)c2cc1C. The van der Waals surface area contributed by atoms with Gasteiger partial charge in [0.05, 0.1) is 21.1 Å². The fourth-order valence-electron chi connectivity index (χ4n) is 3.47. The number of pyridine rings is 1. The summed E-state index contributed by atoms with van der Waals surface area (Å²) in [6.45, 7) is 3.96. The highest BCUT2D eigenvalue weighted by molar-refractivity contribution is 6.49. The van der Waals surface area contributed by atoms with E-state index in [-0.39, 0.29) is 16.3 Å². The lowest BCUT2D eigenvalue weighted by Gasteiger charge is -2.13. The van der Waals surface area contributed by atoms with Gasteiger partial charge in [0.15, 0.2) is 0 Å². The molecule has 0 saturated heterocycles. The molecule has 3 aromatic carbocycles. The molecule has 5 nitrogen and oxygen atoms in total. The average Bonchev–Trinajstić information content (AvgIpc) is 2.80. The third kappa shape index (κ3) is 5.29. The first kappa shape index (κ1) is 25.5.